The first kappa shape index (κ1) is 16.5. The SMILES string of the molecule is CC(C)CNCC(c1ccccc1)N1CC(C)OC(C)C1. The Morgan fingerprint density at radius 2 is 1.71 bits per heavy atom. The Hall–Kier alpha value is -0.900. The van der Waals surface area contributed by atoms with Crippen molar-refractivity contribution in [2.45, 2.75) is 45.9 Å². The average molecular weight is 290 g/mol. The molecule has 1 N–H and O–H groups in total. The van der Waals surface area contributed by atoms with E-state index in [0.717, 1.165) is 26.2 Å². The molecule has 2 rings (SSSR count). The zero-order valence-electron chi connectivity index (χ0n) is 13.9. The van der Waals surface area contributed by atoms with E-state index in [1.807, 2.05) is 0 Å². The lowest BCUT2D eigenvalue weighted by Crippen LogP contribution is -2.49. The van der Waals surface area contributed by atoms with Crippen LogP contribution < -0.4 is 5.32 Å². The van der Waals surface area contributed by atoms with Crippen LogP contribution in [0.2, 0.25) is 0 Å². The first-order chi connectivity index (χ1) is 10.1. The van der Waals surface area contributed by atoms with Crippen LogP contribution >= 0.6 is 0 Å². The first-order valence-corrected chi connectivity index (χ1v) is 8.21. The molecule has 21 heavy (non-hydrogen) atoms. The highest BCUT2D eigenvalue weighted by atomic mass is 16.5. The second-order valence-electron chi connectivity index (χ2n) is 6.69. The molecule has 1 heterocycles. The summed E-state index contributed by atoms with van der Waals surface area (Å²) in [6, 6.07) is 11.3. The quantitative estimate of drug-likeness (QED) is 0.871. The molecule has 3 heteroatoms. The molecule has 118 valence electrons. The summed E-state index contributed by atoms with van der Waals surface area (Å²) in [4.78, 5) is 2.57. The molecular weight excluding hydrogens is 260 g/mol. The van der Waals surface area contributed by atoms with E-state index >= 15 is 0 Å². The van der Waals surface area contributed by atoms with Gasteiger partial charge in [-0.1, -0.05) is 44.2 Å². The van der Waals surface area contributed by atoms with E-state index in [2.05, 4.69) is 68.2 Å². The van der Waals surface area contributed by atoms with Gasteiger partial charge in [-0.05, 0) is 31.9 Å². The number of benzene rings is 1. The van der Waals surface area contributed by atoms with Crippen molar-refractivity contribution in [3.05, 3.63) is 35.9 Å². The normalized spacial score (nSPS) is 25.2. The standard InChI is InChI=1S/C18H30N2O/c1-14(2)10-19-11-18(17-8-6-5-7-9-17)20-12-15(3)21-16(4)13-20/h5-9,14-16,18-19H,10-13H2,1-4H3. The first-order valence-electron chi connectivity index (χ1n) is 8.21. The van der Waals surface area contributed by atoms with E-state index in [0.29, 0.717) is 24.2 Å². The van der Waals surface area contributed by atoms with E-state index in [9.17, 15) is 0 Å². The van der Waals surface area contributed by atoms with E-state index in [-0.39, 0.29) is 0 Å². The maximum Gasteiger partial charge on any atom is 0.0678 e. The third kappa shape index (κ3) is 5.10. The third-order valence-corrected chi connectivity index (χ3v) is 3.96. The molecule has 3 unspecified atom stereocenters. The molecule has 0 amide bonds. The van der Waals surface area contributed by atoms with Crippen LogP contribution in [0.25, 0.3) is 0 Å². The monoisotopic (exact) mass is 290 g/mol. The number of hydrogen-bond acceptors (Lipinski definition) is 3. The topological polar surface area (TPSA) is 24.5 Å². The van der Waals surface area contributed by atoms with E-state index in [4.69, 9.17) is 4.74 Å². The van der Waals surface area contributed by atoms with E-state index in [1.165, 1.54) is 5.56 Å². The molecule has 0 aromatic heterocycles. The smallest absolute Gasteiger partial charge is 0.0678 e. The maximum atomic E-state index is 5.88. The van der Waals surface area contributed by atoms with Crippen molar-refractivity contribution >= 4 is 0 Å². The van der Waals surface area contributed by atoms with Crippen molar-refractivity contribution in [1.29, 1.82) is 0 Å². The van der Waals surface area contributed by atoms with Gasteiger partial charge in [-0.2, -0.15) is 0 Å². The number of nitrogens with one attached hydrogen (secondary N) is 1. The Bertz CT molecular complexity index is 397. The van der Waals surface area contributed by atoms with Crippen LogP contribution in [0.5, 0.6) is 0 Å². The summed E-state index contributed by atoms with van der Waals surface area (Å²) in [5.41, 5.74) is 1.40. The Kier molecular flexibility index (Phi) is 6.22. The van der Waals surface area contributed by atoms with E-state index < -0.39 is 0 Å². The highest BCUT2D eigenvalue weighted by molar-refractivity contribution is 5.19. The van der Waals surface area contributed by atoms with Crippen LogP contribution in [0.3, 0.4) is 0 Å². The van der Waals surface area contributed by atoms with Gasteiger partial charge in [-0.15, -0.1) is 0 Å². The zero-order chi connectivity index (χ0) is 15.2. The number of hydrogen-bond donors (Lipinski definition) is 1. The molecule has 3 nitrogen and oxygen atoms in total. The molecule has 0 aliphatic carbocycles. The predicted octanol–water partition coefficient (Wildman–Crippen LogP) is 3.08. The van der Waals surface area contributed by atoms with E-state index in [1.54, 1.807) is 0 Å². The Balaban J connectivity index is 2.07. The van der Waals surface area contributed by atoms with Crippen LogP contribution in [0.15, 0.2) is 30.3 Å². The fourth-order valence-electron chi connectivity index (χ4n) is 3.11. The van der Waals surface area contributed by atoms with Gasteiger partial charge in [0.1, 0.15) is 0 Å². The van der Waals surface area contributed by atoms with Gasteiger partial charge < -0.3 is 10.1 Å². The molecular formula is C18H30N2O. The summed E-state index contributed by atoms with van der Waals surface area (Å²) < 4.78 is 5.88. The molecule has 1 fully saturated rings. The molecule has 0 spiro atoms. The van der Waals surface area contributed by atoms with Crippen molar-refractivity contribution in [2.75, 3.05) is 26.2 Å². The molecule has 0 saturated carbocycles. The molecule has 1 aromatic carbocycles. The summed E-state index contributed by atoms with van der Waals surface area (Å²) in [5.74, 6) is 0.684. The van der Waals surface area contributed by atoms with Gasteiger partial charge in [0.2, 0.25) is 0 Å². The molecule has 1 aliphatic heterocycles. The summed E-state index contributed by atoms with van der Waals surface area (Å²) >= 11 is 0. The minimum Gasteiger partial charge on any atom is -0.373 e. The summed E-state index contributed by atoms with van der Waals surface area (Å²) in [5, 5.41) is 3.63. The summed E-state index contributed by atoms with van der Waals surface area (Å²) in [6.07, 6.45) is 0.620. The molecule has 0 radical (unpaired) electrons. The Morgan fingerprint density at radius 3 is 2.29 bits per heavy atom. The molecule has 0 bridgehead atoms. The molecule has 3 atom stereocenters. The highest BCUT2D eigenvalue weighted by Gasteiger charge is 2.28. The minimum atomic E-state index is 0.310. The van der Waals surface area contributed by atoms with Gasteiger partial charge in [0.15, 0.2) is 0 Å². The van der Waals surface area contributed by atoms with Crippen molar-refractivity contribution in [3.63, 3.8) is 0 Å². The third-order valence-electron chi connectivity index (χ3n) is 3.96. The van der Waals surface area contributed by atoms with Crippen molar-refractivity contribution in [1.82, 2.24) is 10.2 Å². The highest BCUT2D eigenvalue weighted by Crippen LogP contribution is 2.24. The summed E-state index contributed by atoms with van der Waals surface area (Å²) in [6.45, 7) is 12.9. The fourth-order valence-corrected chi connectivity index (χ4v) is 3.11. The predicted molar refractivity (Wildman–Crippen MR) is 88.5 cm³/mol. The van der Waals surface area contributed by atoms with Gasteiger partial charge in [0, 0.05) is 25.7 Å². The van der Waals surface area contributed by atoms with Gasteiger partial charge in [-0.25, -0.2) is 0 Å². The van der Waals surface area contributed by atoms with Crippen LogP contribution in [-0.2, 0) is 4.74 Å². The van der Waals surface area contributed by atoms with Crippen LogP contribution in [0, 0.1) is 5.92 Å². The molecule has 1 aromatic rings. The van der Waals surface area contributed by atoms with Crippen molar-refractivity contribution in [3.8, 4) is 0 Å². The Morgan fingerprint density at radius 1 is 1.10 bits per heavy atom. The maximum absolute atomic E-state index is 5.88. The molecule has 1 aliphatic rings. The van der Waals surface area contributed by atoms with Crippen LogP contribution in [0.4, 0.5) is 0 Å². The number of nitrogens with zero attached hydrogens (tertiary/aromatic N) is 1. The van der Waals surface area contributed by atoms with Gasteiger partial charge in [0.05, 0.1) is 12.2 Å². The van der Waals surface area contributed by atoms with Crippen LogP contribution in [-0.4, -0.2) is 43.3 Å². The fraction of sp³-hybridized carbons (Fsp3) is 0.667. The lowest BCUT2D eigenvalue weighted by atomic mass is 10.0. The minimum absolute atomic E-state index is 0.310. The van der Waals surface area contributed by atoms with Crippen molar-refractivity contribution < 1.29 is 4.74 Å². The van der Waals surface area contributed by atoms with Crippen LogP contribution in [0.1, 0.15) is 39.3 Å². The summed E-state index contributed by atoms with van der Waals surface area (Å²) in [7, 11) is 0. The second-order valence-corrected chi connectivity index (χ2v) is 6.69. The Labute approximate surface area is 129 Å². The van der Waals surface area contributed by atoms with Gasteiger partial charge in [0.25, 0.3) is 0 Å². The van der Waals surface area contributed by atoms with Gasteiger partial charge in [-0.3, -0.25) is 4.90 Å². The second kappa shape index (κ2) is 7.92. The van der Waals surface area contributed by atoms with Crippen molar-refractivity contribution in [2.24, 2.45) is 5.92 Å². The largest absolute Gasteiger partial charge is 0.373 e. The van der Waals surface area contributed by atoms with Gasteiger partial charge >= 0.3 is 0 Å². The molecule has 1 saturated heterocycles. The zero-order valence-corrected chi connectivity index (χ0v) is 13.9. The average Bonchev–Trinajstić information content (AvgIpc) is 2.43. The lowest BCUT2D eigenvalue weighted by Gasteiger charge is -2.40. The lowest BCUT2D eigenvalue weighted by molar-refractivity contribution is -0.0807. The number of rotatable bonds is 6. The number of morpholine rings is 1. The number of ether oxygens (including phenoxy) is 1.